The van der Waals surface area contributed by atoms with E-state index in [1.165, 1.54) is 0 Å². The number of amides is 1. The SMILES string of the molecule is C=C(C)c1cc(CCC(=O)NCc2ccccc2)cc(C(=C)C)c1O. The zero-order chi connectivity index (χ0) is 18.4. The second-order valence-corrected chi connectivity index (χ2v) is 6.36. The van der Waals surface area contributed by atoms with Crippen LogP contribution in [0.3, 0.4) is 0 Å². The molecule has 0 atom stereocenters. The van der Waals surface area contributed by atoms with Crippen LogP contribution >= 0.6 is 0 Å². The fourth-order valence-corrected chi connectivity index (χ4v) is 2.63. The van der Waals surface area contributed by atoms with E-state index in [1.54, 1.807) is 0 Å². The maximum absolute atomic E-state index is 12.1. The van der Waals surface area contributed by atoms with Gasteiger partial charge in [0.05, 0.1) is 0 Å². The number of benzene rings is 2. The van der Waals surface area contributed by atoms with E-state index in [0.29, 0.717) is 30.5 Å². The van der Waals surface area contributed by atoms with Crippen molar-refractivity contribution in [3.8, 4) is 5.75 Å². The molecule has 0 aliphatic rings. The van der Waals surface area contributed by atoms with Crippen molar-refractivity contribution in [3.63, 3.8) is 0 Å². The van der Waals surface area contributed by atoms with E-state index >= 15 is 0 Å². The number of carbonyl (C=O) groups is 1. The summed E-state index contributed by atoms with van der Waals surface area (Å²) in [6.07, 6.45) is 0.990. The summed E-state index contributed by atoms with van der Waals surface area (Å²) < 4.78 is 0. The molecule has 0 saturated heterocycles. The Morgan fingerprint density at radius 3 is 2.08 bits per heavy atom. The number of nitrogens with one attached hydrogen (secondary N) is 1. The van der Waals surface area contributed by atoms with Gasteiger partial charge in [0.2, 0.25) is 5.91 Å². The van der Waals surface area contributed by atoms with Crippen molar-refractivity contribution in [2.75, 3.05) is 0 Å². The lowest BCUT2D eigenvalue weighted by Gasteiger charge is -2.13. The molecule has 0 heterocycles. The minimum absolute atomic E-state index is 0.00526. The molecule has 3 heteroatoms. The van der Waals surface area contributed by atoms with Crippen LogP contribution in [0.15, 0.2) is 55.6 Å². The topological polar surface area (TPSA) is 49.3 Å². The number of aryl methyl sites for hydroxylation is 1. The van der Waals surface area contributed by atoms with Crippen LogP contribution in [-0.2, 0) is 17.8 Å². The minimum atomic E-state index is 0.00526. The van der Waals surface area contributed by atoms with Crippen molar-refractivity contribution >= 4 is 17.1 Å². The van der Waals surface area contributed by atoms with E-state index in [0.717, 1.165) is 22.3 Å². The maximum atomic E-state index is 12.1. The van der Waals surface area contributed by atoms with Crippen LogP contribution in [0.2, 0.25) is 0 Å². The van der Waals surface area contributed by atoms with Crippen LogP contribution in [0.25, 0.3) is 11.1 Å². The number of allylic oxidation sites excluding steroid dienone is 2. The molecule has 25 heavy (non-hydrogen) atoms. The highest BCUT2D eigenvalue weighted by Gasteiger charge is 2.12. The second kappa shape index (κ2) is 8.34. The zero-order valence-electron chi connectivity index (χ0n) is 14.9. The third-order valence-corrected chi connectivity index (χ3v) is 4.06. The number of phenolic OH excluding ortho intramolecular Hbond substituents is 1. The molecule has 2 aromatic carbocycles. The number of phenols is 1. The molecule has 2 aromatic rings. The van der Waals surface area contributed by atoms with Gasteiger partial charge in [-0.2, -0.15) is 0 Å². The summed E-state index contributed by atoms with van der Waals surface area (Å²) in [4.78, 5) is 12.1. The molecule has 0 bridgehead atoms. The molecule has 0 aromatic heterocycles. The van der Waals surface area contributed by atoms with E-state index in [4.69, 9.17) is 0 Å². The van der Waals surface area contributed by atoms with Crippen LogP contribution in [0.1, 0.15) is 42.5 Å². The summed E-state index contributed by atoms with van der Waals surface area (Å²) >= 11 is 0. The van der Waals surface area contributed by atoms with Gasteiger partial charge in [-0.3, -0.25) is 4.79 Å². The first-order valence-corrected chi connectivity index (χ1v) is 8.36. The monoisotopic (exact) mass is 335 g/mol. The largest absolute Gasteiger partial charge is 0.507 e. The molecule has 2 rings (SSSR count). The lowest BCUT2D eigenvalue weighted by Crippen LogP contribution is -2.22. The first kappa shape index (κ1) is 18.5. The Balaban J connectivity index is 2.03. The van der Waals surface area contributed by atoms with Crippen LogP contribution < -0.4 is 5.32 Å². The molecule has 0 saturated carbocycles. The van der Waals surface area contributed by atoms with Gasteiger partial charge in [-0.1, -0.05) is 43.5 Å². The summed E-state index contributed by atoms with van der Waals surface area (Å²) in [6, 6.07) is 13.6. The Bertz CT molecular complexity index is 756. The lowest BCUT2D eigenvalue weighted by atomic mass is 9.95. The molecule has 3 nitrogen and oxygen atoms in total. The van der Waals surface area contributed by atoms with Gasteiger partial charge < -0.3 is 10.4 Å². The summed E-state index contributed by atoms with van der Waals surface area (Å²) in [5, 5.41) is 13.3. The summed E-state index contributed by atoms with van der Waals surface area (Å²) in [5.41, 5.74) is 5.06. The normalized spacial score (nSPS) is 10.3. The molecule has 130 valence electrons. The number of rotatable bonds is 7. The predicted octanol–water partition coefficient (Wildman–Crippen LogP) is 4.71. The summed E-state index contributed by atoms with van der Waals surface area (Å²) in [7, 11) is 0. The quantitative estimate of drug-likeness (QED) is 0.770. The Morgan fingerprint density at radius 1 is 1.00 bits per heavy atom. The van der Waals surface area contributed by atoms with Crippen molar-refractivity contribution in [3.05, 3.63) is 77.9 Å². The molecular weight excluding hydrogens is 310 g/mol. The van der Waals surface area contributed by atoms with E-state index in [2.05, 4.69) is 18.5 Å². The van der Waals surface area contributed by atoms with Gasteiger partial charge >= 0.3 is 0 Å². The van der Waals surface area contributed by atoms with Crippen molar-refractivity contribution in [2.45, 2.75) is 33.2 Å². The van der Waals surface area contributed by atoms with Gasteiger partial charge in [0.25, 0.3) is 0 Å². The van der Waals surface area contributed by atoms with Gasteiger partial charge in [-0.25, -0.2) is 0 Å². The van der Waals surface area contributed by atoms with Gasteiger partial charge in [0.1, 0.15) is 5.75 Å². The molecular formula is C22H25NO2. The number of carbonyl (C=O) groups excluding carboxylic acids is 1. The maximum Gasteiger partial charge on any atom is 0.220 e. The molecule has 0 aliphatic carbocycles. The predicted molar refractivity (Wildman–Crippen MR) is 104 cm³/mol. The van der Waals surface area contributed by atoms with E-state index < -0.39 is 0 Å². The van der Waals surface area contributed by atoms with E-state index in [9.17, 15) is 9.90 Å². The molecule has 0 fully saturated rings. The molecule has 2 N–H and O–H groups in total. The molecule has 0 spiro atoms. The third-order valence-electron chi connectivity index (χ3n) is 4.06. The van der Waals surface area contributed by atoms with Crippen molar-refractivity contribution in [1.82, 2.24) is 5.32 Å². The van der Waals surface area contributed by atoms with Crippen molar-refractivity contribution in [1.29, 1.82) is 0 Å². The van der Waals surface area contributed by atoms with Gasteiger partial charge in [0, 0.05) is 24.1 Å². The molecule has 0 unspecified atom stereocenters. The van der Waals surface area contributed by atoms with E-state index in [1.807, 2.05) is 56.3 Å². The Morgan fingerprint density at radius 2 is 1.56 bits per heavy atom. The number of hydrogen-bond acceptors (Lipinski definition) is 2. The molecule has 0 aliphatic heterocycles. The number of aromatic hydroxyl groups is 1. The van der Waals surface area contributed by atoms with Crippen LogP contribution in [0, 0.1) is 0 Å². The smallest absolute Gasteiger partial charge is 0.220 e. The standard InChI is InChI=1S/C22H25NO2/c1-15(2)19-12-18(13-20(16(3)4)22(19)25)10-11-21(24)23-14-17-8-6-5-7-9-17/h5-9,12-13,25H,1,3,10-11,14H2,2,4H3,(H,23,24). The lowest BCUT2D eigenvalue weighted by molar-refractivity contribution is -0.121. The molecule has 1 amide bonds. The first-order chi connectivity index (χ1) is 11.9. The van der Waals surface area contributed by atoms with Gasteiger partial charge in [-0.15, -0.1) is 0 Å². The highest BCUT2D eigenvalue weighted by atomic mass is 16.3. The fourth-order valence-electron chi connectivity index (χ4n) is 2.63. The summed E-state index contributed by atoms with van der Waals surface area (Å²) in [5.74, 6) is 0.211. The number of hydrogen-bond donors (Lipinski definition) is 2. The summed E-state index contributed by atoms with van der Waals surface area (Å²) in [6.45, 7) is 12.1. The Hall–Kier alpha value is -2.81. The van der Waals surface area contributed by atoms with Crippen LogP contribution in [0.5, 0.6) is 5.75 Å². The first-order valence-electron chi connectivity index (χ1n) is 8.36. The molecule has 0 radical (unpaired) electrons. The van der Waals surface area contributed by atoms with Crippen LogP contribution in [0.4, 0.5) is 0 Å². The second-order valence-electron chi connectivity index (χ2n) is 6.36. The third kappa shape index (κ3) is 5.08. The van der Waals surface area contributed by atoms with Crippen molar-refractivity contribution in [2.24, 2.45) is 0 Å². The fraction of sp³-hybridized carbons (Fsp3) is 0.227. The van der Waals surface area contributed by atoms with E-state index in [-0.39, 0.29) is 11.7 Å². The Kier molecular flexibility index (Phi) is 6.18. The average molecular weight is 335 g/mol. The van der Waals surface area contributed by atoms with Gasteiger partial charge in [-0.05, 0) is 54.7 Å². The Labute approximate surface area is 149 Å². The van der Waals surface area contributed by atoms with Crippen LogP contribution in [-0.4, -0.2) is 11.0 Å². The zero-order valence-corrected chi connectivity index (χ0v) is 14.9. The van der Waals surface area contributed by atoms with Crippen molar-refractivity contribution < 1.29 is 9.90 Å². The minimum Gasteiger partial charge on any atom is -0.507 e. The highest BCUT2D eigenvalue weighted by Crippen LogP contribution is 2.33. The average Bonchev–Trinajstić information content (AvgIpc) is 2.59. The highest BCUT2D eigenvalue weighted by molar-refractivity contribution is 5.78. The van der Waals surface area contributed by atoms with Gasteiger partial charge in [0.15, 0.2) is 0 Å².